The number of amides is 1. The summed E-state index contributed by atoms with van der Waals surface area (Å²) in [5.74, 6) is -0.732. The van der Waals surface area contributed by atoms with Crippen LogP contribution in [0.15, 0.2) is 64.4 Å². The largest absolute Gasteiger partial charge is 1.00 e. The van der Waals surface area contributed by atoms with Gasteiger partial charge >= 0.3 is 29.6 Å². The van der Waals surface area contributed by atoms with Gasteiger partial charge in [-0.3, -0.25) is 9.59 Å². The van der Waals surface area contributed by atoms with E-state index in [0.717, 1.165) is 11.8 Å². The number of nitrogens with zero attached hydrogens (tertiary/aromatic N) is 1. The number of nitrogens with one attached hydrogen (secondary N) is 1. The minimum Gasteiger partial charge on any atom is -0.772 e. The van der Waals surface area contributed by atoms with Crippen LogP contribution in [0.2, 0.25) is 5.02 Å². The molecule has 8 heteroatoms. The molecule has 0 aromatic heterocycles. The molecule has 2 rings (SSSR count). The molecule has 0 aliphatic heterocycles. The SMILES string of the molecule is N#C/C(C(=O)Nc1ccccc1Cl)=C(/[S-])SCC(=O)c1ccccc1.[Na+]. The maximum absolute atomic E-state index is 12.2. The molecule has 0 fully saturated rings. The van der Waals surface area contributed by atoms with Crippen LogP contribution in [0, 0.1) is 11.3 Å². The number of carbonyl (C=O) groups is 2. The fourth-order valence-electron chi connectivity index (χ4n) is 1.85. The Labute approximate surface area is 188 Å². The molecule has 2 aromatic rings. The Bertz CT molecular complexity index is 867. The molecule has 126 valence electrons. The molecule has 1 N–H and O–H groups in total. The topological polar surface area (TPSA) is 70.0 Å². The van der Waals surface area contributed by atoms with Gasteiger partial charge in [0.25, 0.3) is 5.91 Å². The standard InChI is InChI=1S/C18H13ClN2O2S2.Na/c19-14-8-4-5-9-15(14)21-17(23)13(10-20)18(24)25-11-16(22)12-6-2-1-3-7-12;/h1-9,24H,11H2,(H,21,23);/q;+1/p-1/b18-13+;. The van der Waals surface area contributed by atoms with E-state index in [1.807, 2.05) is 6.07 Å². The van der Waals surface area contributed by atoms with Gasteiger partial charge in [-0.2, -0.15) is 5.26 Å². The van der Waals surface area contributed by atoms with Crippen LogP contribution in [0.5, 0.6) is 0 Å². The van der Waals surface area contributed by atoms with E-state index in [1.54, 1.807) is 54.6 Å². The zero-order valence-corrected chi connectivity index (χ0v) is 18.3. The summed E-state index contributed by atoms with van der Waals surface area (Å²) < 4.78 is 0.0661. The first kappa shape index (κ1) is 22.7. The molecule has 2 aromatic carbocycles. The summed E-state index contributed by atoms with van der Waals surface area (Å²) in [6, 6.07) is 17.2. The van der Waals surface area contributed by atoms with Crippen LogP contribution >= 0.6 is 23.4 Å². The number of ketones is 1. The van der Waals surface area contributed by atoms with E-state index in [4.69, 9.17) is 24.2 Å². The molecular formula is C18H12ClN2NaO2S2. The van der Waals surface area contributed by atoms with Crippen molar-refractivity contribution in [1.82, 2.24) is 0 Å². The van der Waals surface area contributed by atoms with Gasteiger partial charge in [0.2, 0.25) is 0 Å². The summed E-state index contributed by atoms with van der Waals surface area (Å²) in [5.41, 5.74) is 0.715. The first-order valence-electron chi connectivity index (χ1n) is 7.11. The van der Waals surface area contributed by atoms with Gasteiger partial charge in [-0.1, -0.05) is 54.1 Å². The third-order valence-electron chi connectivity index (χ3n) is 3.10. The quantitative estimate of drug-likeness (QED) is 0.254. The van der Waals surface area contributed by atoms with Gasteiger partial charge in [0.1, 0.15) is 11.6 Å². The van der Waals surface area contributed by atoms with Crippen LogP contribution in [0.3, 0.4) is 0 Å². The molecule has 0 aliphatic rings. The van der Waals surface area contributed by atoms with Gasteiger partial charge in [0, 0.05) is 5.56 Å². The van der Waals surface area contributed by atoms with Crippen LogP contribution in [-0.2, 0) is 17.4 Å². The average Bonchev–Trinajstić information content (AvgIpc) is 2.63. The van der Waals surface area contributed by atoms with Gasteiger partial charge in [0.05, 0.1) is 16.5 Å². The van der Waals surface area contributed by atoms with Crippen molar-refractivity contribution in [3.05, 3.63) is 75.0 Å². The van der Waals surface area contributed by atoms with Crippen molar-refractivity contribution in [3.63, 3.8) is 0 Å². The van der Waals surface area contributed by atoms with Crippen molar-refractivity contribution < 1.29 is 39.1 Å². The minimum absolute atomic E-state index is 0. The Morgan fingerprint density at radius 3 is 2.35 bits per heavy atom. The monoisotopic (exact) mass is 410 g/mol. The number of Topliss-reactive ketones (excluding diaryl/α,β-unsaturated/α-hetero) is 1. The van der Waals surface area contributed by atoms with E-state index in [2.05, 4.69) is 5.32 Å². The van der Waals surface area contributed by atoms with Crippen molar-refractivity contribution >= 4 is 53.4 Å². The number of para-hydroxylation sites is 1. The van der Waals surface area contributed by atoms with Gasteiger partial charge in [-0.25, -0.2) is 0 Å². The Morgan fingerprint density at radius 2 is 1.73 bits per heavy atom. The number of nitriles is 1. The predicted octanol–water partition coefficient (Wildman–Crippen LogP) is 1.18. The van der Waals surface area contributed by atoms with Gasteiger partial charge < -0.3 is 17.9 Å². The molecule has 0 bridgehead atoms. The van der Waals surface area contributed by atoms with Crippen LogP contribution in [0.25, 0.3) is 0 Å². The van der Waals surface area contributed by atoms with E-state index in [0.29, 0.717) is 16.3 Å². The van der Waals surface area contributed by atoms with E-state index in [-0.39, 0.29) is 50.9 Å². The molecule has 0 aliphatic carbocycles. The van der Waals surface area contributed by atoms with Gasteiger partial charge in [-0.05, 0) is 12.1 Å². The number of benzene rings is 2. The second-order valence-corrected chi connectivity index (χ2v) is 6.85. The molecule has 0 atom stereocenters. The second-order valence-electron chi connectivity index (χ2n) is 4.79. The molecule has 1 amide bonds. The average molecular weight is 411 g/mol. The Hall–Kier alpha value is -1.33. The van der Waals surface area contributed by atoms with Crippen LogP contribution < -0.4 is 34.9 Å². The number of rotatable bonds is 6. The van der Waals surface area contributed by atoms with E-state index < -0.39 is 5.91 Å². The summed E-state index contributed by atoms with van der Waals surface area (Å²) in [6.07, 6.45) is 0. The summed E-state index contributed by atoms with van der Waals surface area (Å²) in [5, 5.41) is 12.1. The smallest absolute Gasteiger partial charge is 0.772 e. The number of halogens is 1. The number of hydrogen-bond acceptors (Lipinski definition) is 5. The van der Waals surface area contributed by atoms with Crippen molar-refractivity contribution in [2.24, 2.45) is 0 Å². The molecule has 0 saturated heterocycles. The molecule has 0 saturated carbocycles. The number of carbonyl (C=O) groups excluding carboxylic acids is 2. The summed E-state index contributed by atoms with van der Waals surface area (Å²) in [4.78, 5) is 24.3. The van der Waals surface area contributed by atoms with Crippen LogP contribution in [0.1, 0.15) is 10.4 Å². The maximum atomic E-state index is 12.2. The third kappa shape index (κ3) is 6.44. The Morgan fingerprint density at radius 1 is 1.12 bits per heavy atom. The normalized spacial score (nSPS) is 10.8. The fourth-order valence-corrected chi connectivity index (χ4v) is 3.06. The van der Waals surface area contributed by atoms with E-state index in [1.165, 1.54) is 0 Å². The first-order valence-corrected chi connectivity index (χ1v) is 8.88. The molecule has 0 unspecified atom stereocenters. The van der Waals surface area contributed by atoms with Crippen molar-refractivity contribution in [1.29, 1.82) is 5.26 Å². The van der Waals surface area contributed by atoms with Crippen LogP contribution in [-0.4, -0.2) is 17.4 Å². The summed E-state index contributed by atoms with van der Waals surface area (Å²) >= 11 is 12.1. The predicted molar refractivity (Wildman–Crippen MR) is 103 cm³/mol. The van der Waals surface area contributed by atoms with Crippen molar-refractivity contribution in [2.45, 2.75) is 0 Å². The minimum atomic E-state index is -0.653. The molecule has 0 spiro atoms. The molecule has 0 radical (unpaired) electrons. The molecule has 4 nitrogen and oxygen atoms in total. The van der Waals surface area contributed by atoms with Gasteiger partial charge in [0.15, 0.2) is 5.78 Å². The van der Waals surface area contributed by atoms with Crippen molar-refractivity contribution in [2.75, 3.05) is 11.1 Å². The Balaban J connectivity index is 0.00000338. The maximum Gasteiger partial charge on any atom is 1.00 e. The van der Waals surface area contributed by atoms with E-state index in [9.17, 15) is 14.9 Å². The second kappa shape index (κ2) is 11.4. The zero-order valence-electron chi connectivity index (χ0n) is 13.9. The summed E-state index contributed by atoms with van der Waals surface area (Å²) in [7, 11) is 0. The van der Waals surface area contributed by atoms with Gasteiger partial charge in [-0.15, -0.1) is 16.0 Å². The fraction of sp³-hybridized carbons (Fsp3) is 0.0556. The summed E-state index contributed by atoms with van der Waals surface area (Å²) in [6.45, 7) is 0. The van der Waals surface area contributed by atoms with Crippen LogP contribution in [0.4, 0.5) is 5.69 Å². The van der Waals surface area contributed by atoms with E-state index >= 15 is 0 Å². The molecule has 0 heterocycles. The Kier molecular flexibility index (Phi) is 9.96. The number of anilines is 1. The molecular weight excluding hydrogens is 399 g/mol. The molecule has 26 heavy (non-hydrogen) atoms. The zero-order chi connectivity index (χ0) is 18.2. The van der Waals surface area contributed by atoms with Crippen molar-refractivity contribution in [3.8, 4) is 6.07 Å². The number of thioether (sulfide) groups is 1. The first-order chi connectivity index (χ1) is 12.0. The third-order valence-corrected chi connectivity index (χ3v) is 4.86. The number of hydrogen-bond donors (Lipinski definition) is 1.